The Morgan fingerprint density at radius 1 is 0.731 bits per heavy atom. The van der Waals surface area contributed by atoms with Crippen LogP contribution >= 0.6 is 0 Å². The standard InChI is InChI=1S/C24H22N2/c1-16-14-17(2)21(18(3)15-16)24-25-22(19-10-6-4-7-11-19)23(26-24)20-12-8-5-9-13-20/h4-15,22H,1-3H3. The van der Waals surface area contributed by atoms with Gasteiger partial charge in [0.05, 0.1) is 5.71 Å². The summed E-state index contributed by atoms with van der Waals surface area (Å²) in [6.07, 6.45) is 0. The van der Waals surface area contributed by atoms with Gasteiger partial charge in [-0.3, -0.25) is 4.99 Å². The van der Waals surface area contributed by atoms with Gasteiger partial charge in [-0.25, -0.2) is 4.99 Å². The predicted octanol–water partition coefficient (Wildman–Crippen LogP) is 5.60. The molecule has 1 unspecified atom stereocenters. The van der Waals surface area contributed by atoms with Crippen LogP contribution in [0, 0.1) is 20.8 Å². The van der Waals surface area contributed by atoms with Gasteiger partial charge in [0.25, 0.3) is 0 Å². The van der Waals surface area contributed by atoms with Crippen molar-refractivity contribution in [1.29, 1.82) is 0 Å². The van der Waals surface area contributed by atoms with Crippen molar-refractivity contribution in [3.05, 3.63) is 106 Å². The van der Waals surface area contributed by atoms with Gasteiger partial charge in [-0.15, -0.1) is 0 Å². The average Bonchev–Trinajstić information content (AvgIpc) is 3.07. The summed E-state index contributed by atoms with van der Waals surface area (Å²) >= 11 is 0. The quantitative estimate of drug-likeness (QED) is 0.593. The highest BCUT2D eigenvalue weighted by Gasteiger charge is 2.27. The van der Waals surface area contributed by atoms with Crippen molar-refractivity contribution < 1.29 is 0 Å². The molecule has 0 N–H and O–H groups in total. The van der Waals surface area contributed by atoms with Gasteiger partial charge in [-0.1, -0.05) is 78.4 Å². The van der Waals surface area contributed by atoms with Crippen LogP contribution in [0.1, 0.15) is 39.4 Å². The van der Waals surface area contributed by atoms with E-state index in [0.717, 1.165) is 22.7 Å². The molecule has 0 spiro atoms. The lowest BCUT2D eigenvalue weighted by Crippen LogP contribution is -2.08. The third kappa shape index (κ3) is 2.99. The molecule has 0 aromatic heterocycles. The lowest BCUT2D eigenvalue weighted by atomic mass is 9.98. The minimum absolute atomic E-state index is 0.0614. The second-order valence-corrected chi connectivity index (χ2v) is 6.90. The molecule has 2 heteroatoms. The fourth-order valence-electron chi connectivity index (χ4n) is 3.74. The van der Waals surface area contributed by atoms with E-state index < -0.39 is 0 Å². The summed E-state index contributed by atoms with van der Waals surface area (Å²) in [6.45, 7) is 6.42. The molecular formula is C24H22N2. The summed E-state index contributed by atoms with van der Waals surface area (Å²) < 4.78 is 0. The first kappa shape index (κ1) is 16.5. The Labute approximate surface area is 155 Å². The molecular weight excluding hydrogens is 316 g/mol. The fourth-order valence-corrected chi connectivity index (χ4v) is 3.74. The molecule has 1 heterocycles. The van der Waals surface area contributed by atoms with E-state index in [0.29, 0.717) is 0 Å². The molecule has 0 radical (unpaired) electrons. The molecule has 26 heavy (non-hydrogen) atoms. The Hall–Kier alpha value is -3.00. The van der Waals surface area contributed by atoms with Crippen molar-refractivity contribution in [2.45, 2.75) is 26.8 Å². The van der Waals surface area contributed by atoms with E-state index in [2.05, 4.69) is 81.4 Å². The van der Waals surface area contributed by atoms with Gasteiger partial charge in [0.2, 0.25) is 0 Å². The highest BCUT2D eigenvalue weighted by molar-refractivity contribution is 6.19. The minimum Gasteiger partial charge on any atom is -0.251 e. The van der Waals surface area contributed by atoms with Crippen molar-refractivity contribution in [3.63, 3.8) is 0 Å². The average molecular weight is 338 g/mol. The number of aryl methyl sites for hydroxylation is 3. The third-order valence-corrected chi connectivity index (χ3v) is 4.82. The van der Waals surface area contributed by atoms with Crippen molar-refractivity contribution in [2.75, 3.05) is 0 Å². The van der Waals surface area contributed by atoms with Crippen molar-refractivity contribution in [3.8, 4) is 0 Å². The van der Waals surface area contributed by atoms with Gasteiger partial charge in [0.1, 0.15) is 6.04 Å². The fraction of sp³-hybridized carbons (Fsp3) is 0.167. The van der Waals surface area contributed by atoms with Gasteiger partial charge >= 0.3 is 0 Å². The van der Waals surface area contributed by atoms with Crippen LogP contribution in [0.15, 0.2) is 82.8 Å². The topological polar surface area (TPSA) is 24.7 Å². The Morgan fingerprint density at radius 3 is 1.92 bits per heavy atom. The number of nitrogens with zero attached hydrogens (tertiary/aromatic N) is 2. The third-order valence-electron chi connectivity index (χ3n) is 4.82. The largest absolute Gasteiger partial charge is 0.251 e. The lowest BCUT2D eigenvalue weighted by Gasteiger charge is -2.11. The zero-order valence-corrected chi connectivity index (χ0v) is 15.4. The molecule has 2 nitrogen and oxygen atoms in total. The van der Waals surface area contributed by atoms with E-state index in [4.69, 9.17) is 9.98 Å². The van der Waals surface area contributed by atoms with Crippen LogP contribution < -0.4 is 0 Å². The van der Waals surface area contributed by atoms with E-state index in [1.165, 1.54) is 22.3 Å². The van der Waals surface area contributed by atoms with Crippen LogP contribution in [0.3, 0.4) is 0 Å². The van der Waals surface area contributed by atoms with Gasteiger partial charge in [-0.2, -0.15) is 0 Å². The van der Waals surface area contributed by atoms with Crippen LogP contribution in [-0.2, 0) is 0 Å². The van der Waals surface area contributed by atoms with Crippen LogP contribution in [0.4, 0.5) is 0 Å². The molecule has 0 aliphatic carbocycles. The van der Waals surface area contributed by atoms with E-state index in [9.17, 15) is 0 Å². The Bertz CT molecular complexity index is 976. The maximum Gasteiger partial charge on any atom is 0.156 e. The second kappa shape index (κ2) is 6.72. The van der Waals surface area contributed by atoms with Crippen LogP contribution in [0.25, 0.3) is 0 Å². The number of benzene rings is 3. The SMILES string of the molecule is Cc1cc(C)c(C2=NC(c3ccccc3)C(c3ccccc3)=N2)c(C)c1. The molecule has 3 aromatic carbocycles. The molecule has 1 atom stereocenters. The predicted molar refractivity (Wildman–Crippen MR) is 109 cm³/mol. The Balaban J connectivity index is 1.87. The number of hydrogen-bond acceptors (Lipinski definition) is 2. The molecule has 1 aliphatic rings. The summed E-state index contributed by atoms with van der Waals surface area (Å²) in [5.74, 6) is 0.840. The highest BCUT2D eigenvalue weighted by atomic mass is 15.0. The van der Waals surface area contributed by atoms with Gasteiger partial charge in [0, 0.05) is 5.56 Å². The summed E-state index contributed by atoms with van der Waals surface area (Å²) in [5, 5.41) is 0. The molecule has 0 fully saturated rings. The molecule has 0 saturated heterocycles. The molecule has 0 amide bonds. The molecule has 128 valence electrons. The van der Waals surface area contributed by atoms with Crippen LogP contribution in [-0.4, -0.2) is 11.5 Å². The summed E-state index contributed by atoms with van der Waals surface area (Å²) in [6, 6.07) is 25.1. The first-order valence-corrected chi connectivity index (χ1v) is 8.98. The maximum absolute atomic E-state index is 5.05. The highest BCUT2D eigenvalue weighted by Crippen LogP contribution is 2.31. The van der Waals surface area contributed by atoms with E-state index >= 15 is 0 Å². The first-order chi connectivity index (χ1) is 12.6. The maximum atomic E-state index is 5.05. The second-order valence-electron chi connectivity index (χ2n) is 6.90. The number of amidine groups is 1. The van der Waals surface area contributed by atoms with Gasteiger partial charge in [-0.05, 0) is 43.0 Å². The normalized spacial score (nSPS) is 16.3. The summed E-state index contributed by atoms with van der Waals surface area (Å²) in [5.41, 5.74) is 8.20. The first-order valence-electron chi connectivity index (χ1n) is 8.98. The van der Waals surface area contributed by atoms with Gasteiger partial charge < -0.3 is 0 Å². The Morgan fingerprint density at radius 2 is 1.31 bits per heavy atom. The van der Waals surface area contributed by atoms with Crippen LogP contribution in [0.5, 0.6) is 0 Å². The zero-order chi connectivity index (χ0) is 18.1. The van der Waals surface area contributed by atoms with Crippen molar-refractivity contribution in [1.82, 2.24) is 0 Å². The Kier molecular flexibility index (Phi) is 4.26. The number of hydrogen-bond donors (Lipinski definition) is 0. The van der Waals surface area contributed by atoms with Gasteiger partial charge in [0.15, 0.2) is 5.84 Å². The molecule has 0 saturated carbocycles. The smallest absolute Gasteiger partial charge is 0.156 e. The van der Waals surface area contributed by atoms with Crippen molar-refractivity contribution in [2.24, 2.45) is 9.98 Å². The van der Waals surface area contributed by atoms with Crippen molar-refractivity contribution >= 4 is 11.5 Å². The van der Waals surface area contributed by atoms with E-state index in [-0.39, 0.29) is 6.04 Å². The number of rotatable bonds is 3. The molecule has 0 bridgehead atoms. The van der Waals surface area contributed by atoms with E-state index in [1.54, 1.807) is 0 Å². The molecule has 4 rings (SSSR count). The summed E-state index contributed by atoms with van der Waals surface area (Å²) in [4.78, 5) is 10.1. The molecule has 1 aliphatic heterocycles. The van der Waals surface area contributed by atoms with E-state index in [1.807, 2.05) is 12.1 Å². The van der Waals surface area contributed by atoms with Crippen LogP contribution in [0.2, 0.25) is 0 Å². The minimum atomic E-state index is -0.0614. The monoisotopic (exact) mass is 338 g/mol. The molecule has 3 aromatic rings. The zero-order valence-electron chi connectivity index (χ0n) is 15.4. The number of aliphatic imine (C=N–C) groups is 2. The lowest BCUT2D eigenvalue weighted by molar-refractivity contribution is 0.985. The summed E-state index contributed by atoms with van der Waals surface area (Å²) in [7, 11) is 0.